The third kappa shape index (κ3) is 4.20. The third-order valence-corrected chi connectivity index (χ3v) is 5.70. The number of anilines is 1. The van der Waals surface area contributed by atoms with Crippen LogP contribution in [-0.2, 0) is 0 Å². The molecule has 0 radical (unpaired) electrons. The number of fused-ring (bicyclic) bond motifs is 3. The first-order chi connectivity index (χ1) is 16.2. The molecule has 0 saturated heterocycles. The van der Waals surface area contributed by atoms with Gasteiger partial charge in [-0.3, -0.25) is 0 Å². The Balaban J connectivity index is 2.02. The third-order valence-electron chi connectivity index (χ3n) is 5.70. The van der Waals surface area contributed by atoms with Crippen molar-refractivity contribution >= 4 is 27.5 Å². The molecule has 0 atom stereocenters. The molecule has 2 nitrogen and oxygen atoms in total. The normalized spacial score (nSPS) is 12.9. The SMILES string of the molecule is C=C/C=C(\C=C/C)N(C(/C=C\C)=C/C)c1ccc2c(c1)c1ccccc1n2-c1ccccc1. The number of nitrogens with zero attached hydrogens (tertiary/aromatic N) is 2. The Morgan fingerprint density at radius 1 is 0.758 bits per heavy atom. The van der Waals surface area contributed by atoms with Crippen LogP contribution in [0.1, 0.15) is 20.8 Å². The molecule has 1 heterocycles. The molecule has 0 unspecified atom stereocenters. The Kier molecular flexibility index (Phi) is 6.75. The van der Waals surface area contributed by atoms with E-state index in [1.807, 2.05) is 26.0 Å². The Hall–Kier alpha value is -4.04. The van der Waals surface area contributed by atoms with Gasteiger partial charge in [-0.1, -0.05) is 67.3 Å². The van der Waals surface area contributed by atoms with E-state index in [9.17, 15) is 0 Å². The van der Waals surface area contributed by atoms with Gasteiger partial charge in [0.2, 0.25) is 0 Å². The zero-order valence-electron chi connectivity index (χ0n) is 19.6. The smallest absolute Gasteiger partial charge is 0.0542 e. The van der Waals surface area contributed by atoms with Crippen molar-refractivity contribution in [3.63, 3.8) is 0 Å². The lowest BCUT2D eigenvalue weighted by Crippen LogP contribution is -2.19. The lowest BCUT2D eigenvalue weighted by atomic mass is 10.1. The van der Waals surface area contributed by atoms with Gasteiger partial charge in [-0.15, -0.1) is 0 Å². The first-order valence-corrected chi connectivity index (χ1v) is 11.4. The molecule has 0 fully saturated rings. The molecule has 33 heavy (non-hydrogen) atoms. The van der Waals surface area contributed by atoms with E-state index in [-0.39, 0.29) is 0 Å². The molecule has 0 saturated carbocycles. The minimum absolute atomic E-state index is 1.06. The molecule has 1 aromatic heterocycles. The van der Waals surface area contributed by atoms with Crippen LogP contribution in [0.4, 0.5) is 5.69 Å². The van der Waals surface area contributed by atoms with Gasteiger partial charge in [0.25, 0.3) is 0 Å². The summed E-state index contributed by atoms with van der Waals surface area (Å²) in [6, 6.07) is 25.9. The summed E-state index contributed by atoms with van der Waals surface area (Å²) in [5.41, 5.74) is 6.84. The van der Waals surface area contributed by atoms with Gasteiger partial charge in [-0.25, -0.2) is 0 Å². The Morgan fingerprint density at radius 3 is 2.12 bits per heavy atom. The predicted octanol–water partition coefficient (Wildman–Crippen LogP) is 8.72. The number of hydrogen-bond acceptors (Lipinski definition) is 1. The van der Waals surface area contributed by atoms with Crippen molar-refractivity contribution in [1.29, 1.82) is 0 Å². The van der Waals surface area contributed by atoms with Gasteiger partial charge in [0.15, 0.2) is 0 Å². The van der Waals surface area contributed by atoms with E-state index in [1.54, 1.807) is 0 Å². The lowest BCUT2D eigenvalue weighted by Gasteiger charge is -2.27. The summed E-state index contributed by atoms with van der Waals surface area (Å²) in [4.78, 5) is 2.27. The Labute approximate surface area is 196 Å². The number of aromatic nitrogens is 1. The van der Waals surface area contributed by atoms with Crippen LogP contribution in [-0.4, -0.2) is 4.57 Å². The number of benzene rings is 3. The second-order valence-electron chi connectivity index (χ2n) is 7.77. The summed E-state index contributed by atoms with van der Waals surface area (Å²) >= 11 is 0. The van der Waals surface area contributed by atoms with E-state index in [4.69, 9.17) is 0 Å². The van der Waals surface area contributed by atoms with Crippen molar-refractivity contribution in [3.8, 4) is 5.69 Å². The molecule has 0 N–H and O–H groups in total. The van der Waals surface area contributed by atoms with Crippen LogP contribution >= 0.6 is 0 Å². The summed E-state index contributed by atoms with van der Waals surface area (Å²) in [7, 11) is 0. The van der Waals surface area contributed by atoms with Crippen LogP contribution < -0.4 is 4.90 Å². The largest absolute Gasteiger partial charge is 0.311 e. The Bertz CT molecular complexity index is 1400. The van der Waals surface area contributed by atoms with Gasteiger partial charge in [-0.05, 0) is 75.4 Å². The van der Waals surface area contributed by atoms with Crippen LogP contribution in [0.15, 0.2) is 133 Å². The summed E-state index contributed by atoms with van der Waals surface area (Å²) in [6.45, 7) is 10.1. The molecule has 3 aromatic carbocycles. The monoisotopic (exact) mass is 430 g/mol. The molecule has 0 aliphatic carbocycles. The summed E-state index contributed by atoms with van der Waals surface area (Å²) in [5.74, 6) is 0. The molecule has 164 valence electrons. The number of allylic oxidation sites excluding steroid dienone is 7. The fraction of sp³-hybridized carbons (Fsp3) is 0.0968. The van der Waals surface area contributed by atoms with Gasteiger partial charge in [0.1, 0.15) is 0 Å². The molecule has 0 aliphatic rings. The maximum absolute atomic E-state index is 3.94. The van der Waals surface area contributed by atoms with Gasteiger partial charge in [0, 0.05) is 33.5 Å². The summed E-state index contributed by atoms with van der Waals surface area (Å²) in [5, 5.41) is 2.47. The van der Waals surface area contributed by atoms with Crippen LogP contribution in [0, 0.1) is 0 Å². The lowest BCUT2D eigenvalue weighted by molar-refractivity contribution is 1.13. The summed E-state index contributed by atoms with van der Waals surface area (Å²) < 4.78 is 2.34. The highest BCUT2D eigenvalue weighted by molar-refractivity contribution is 6.10. The van der Waals surface area contributed by atoms with Crippen molar-refractivity contribution in [1.82, 2.24) is 4.57 Å². The van der Waals surface area contributed by atoms with Gasteiger partial charge in [0.05, 0.1) is 11.0 Å². The molecule has 0 aliphatic heterocycles. The predicted molar refractivity (Wildman–Crippen MR) is 145 cm³/mol. The van der Waals surface area contributed by atoms with E-state index in [1.165, 1.54) is 21.8 Å². The maximum Gasteiger partial charge on any atom is 0.0542 e. The number of para-hydroxylation sites is 2. The van der Waals surface area contributed by atoms with Crippen LogP contribution in [0.5, 0.6) is 0 Å². The van der Waals surface area contributed by atoms with Crippen molar-refractivity contribution in [3.05, 3.63) is 133 Å². The first kappa shape index (κ1) is 22.2. The van der Waals surface area contributed by atoms with E-state index in [2.05, 4.69) is 126 Å². The summed E-state index contributed by atoms with van der Waals surface area (Å²) in [6.07, 6.45) is 14.4. The van der Waals surface area contributed by atoms with E-state index in [0.717, 1.165) is 22.8 Å². The quantitative estimate of drug-likeness (QED) is 0.266. The highest BCUT2D eigenvalue weighted by atomic mass is 15.2. The molecule has 4 aromatic rings. The molecular weight excluding hydrogens is 400 g/mol. The average molecular weight is 431 g/mol. The molecule has 2 heteroatoms. The standard InChI is InChI=1S/C31H30N2/c1-5-14-24(8-4)32(25(15-6-2)16-7-3)27-21-22-31-29(23-27)28-19-12-13-20-30(28)33(31)26-17-10-9-11-18-26/h5-23H,2H2,1,3-4H3/b14-5-,16-7-,24-8+,25-15+. The number of hydrogen-bond donors (Lipinski definition) is 0. The van der Waals surface area contributed by atoms with Crippen molar-refractivity contribution in [2.75, 3.05) is 4.90 Å². The van der Waals surface area contributed by atoms with E-state index >= 15 is 0 Å². The van der Waals surface area contributed by atoms with Crippen molar-refractivity contribution < 1.29 is 0 Å². The zero-order valence-corrected chi connectivity index (χ0v) is 19.6. The minimum Gasteiger partial charge on any atom is -0.311 e. The van der Waals surface area contributed by atoms with Crippen molar-refractivity contribution in [2.24, 2.45) is 0 Å². The topological polar surface area (TPSA) is 8.17 Å². The van der Waals surface area contributed by atoms with Crippen LogP contribution in [0.25, 0.3) is 27.5 Å². The molecule has 0 amide bonds. The zero-order chi connectivity index (χ0) is 23.2. The molecule has 4 rings (SSSR count). The minimum atomic E-state index is 1.06. The van der Waals surface area contributed by atoms with Gasteiger partial charge < -0.3 is 9.47 Å². The highest BCUT2D eigenvalue weighted by Crippen LogP contribution is 2.36. The second kappa shape index (κ2) is 10.1. The van der Waals surface area contributed by atoms with Crippen LogP contribution in [0.2, 0.25) is 0 Å². The van der Waals surface area contributed by atoms with Crippen molar-refractivity contribution in [2.45, 2.75) is 20.8 Å². The van der Waals surface area contributed by atoms with Crippen LogP contribution in [0.3, 0.4) is 0 Å². The molecule has 0 bridgehead atoms. The first-order valence-electron chi connectivity index (χ1n) is 11.4. The fourth-order valence-corrected chi connectivity index (χ4v) is 4.37. The average Bonchev–Trinajstić information content (AvgIpc) is 3.18. The second-order valence-corrected chi connectivity index (χ2v) is 7.77. The highest BCUT2D eigenvalue weighted by Gasteiger charge is 2.17. The Morgan fingerprint density at radius 2 is 1.42 bits per heavy atom. The molecular formula is C31H30N2. The fourth-order valence-electron chi connectivity index (χ4n) is 4.37. The van der Waals surface area contributed by atoms with Gasteiger partial charge in [-0.2, -0.15) is 0 Å². The van der Waals surface area contributed by atoms with Gasteiger partial charge >= 0.3 is 0 Å². The molecule has 0 spiro atoms. The van der Waals surface area contributed by atoms with E-state index < -0.39 is 0 Å². The van der Waals surface area contributed by atoms with E-state index in [0.29, 0.717) is 0 Å². The maximum atomic E-state index is 3.94. The number of rotatable bonds is 7.